The molecule has 3 nitrogen and oxygen atoms in total. The lowest BCUT2D eigenvalue weighted by Crippen LogP contribution is -2.38. The number of nitriles is 1. The standard InChI is InChI=1S/C12H15NO2S/c1-9-4-6-11(7-5-9)16(15)10(2)12(3,14)8-13/h4-7,10,14H,1-3H3/t10?,12-,16-/m0/s1. The number of rotatable bonds is 3. The van der Waals surface area contributed by atoms with Gasteiger partial charge in [-0.2, -0.15) is 5.26 Å². The highest BCUT2D eigenvalue weighted by Crippen LogP contribution is 2.20. The van der Waals surface area contributed by atoms with Crippen molar-refractivity contribution in [3.8, 4) is 6.07 Å². The molecule has 0 spiro atoms. The fourth-order valence-electron chi connectivity index (χ4n) is 1.18. The summed E-state index contributed by atoms with van der Waals surface area (Å²) in [6.07, 6.45) is 0. The number of hydrogen-bond donors (Lipinski definition) is 1. The average Bonchev–Trinajstić information content (AvgIpc) is 2.28. The molecule has 4 heteroatoms. The van der Waals surface area contributed by atoms with Gasteiger partial charge < -0.3 is 5.11 Å². The first-order chi connectivity index (χ1) is 7.38. The Morgan fingerprint density at radius 2 is 1.94 bits per heavy atom. The molecule has 1 rings (SSSR count). The van der Waals surface area contributed by atoms with Gasteiger partial charge in [-0.1, -0.05) is 17.7 Å². The van der Waals surface area contributed by atoms with E-state index in [1.165, 1.54) is 6.92 Å². The van der Waals surface area contributed by atoms with Crippen molar-refractivity contribution in [2.75, 3.05) is 0 Å². The normalized spacial score (nSPS) is 18.2. The van der Waals surface area contributed by atoms with Gasteiger partial charge in [0.1, 0.15) is 0 Å². The molecule has 0 saturated carbocycles. The van der Waals surface area contributed by atoms with Gasteiger partial charge in [0.2, 0.25) is 0 Å². The first kappa shape index (κ1) is 12.9. The van der Waals surface area contributed by atoms with Crippen molar-refractivity contribution in [3.05, 3.63) is 29.8 Å². The summed E-state index contributed by atoms with van der Waals surface area (Å²) in [5, 5.41) is 17.9. The van der Waals surface area contributed by atoms with Crippen LogP contribution in [0, 0.1) is 18.3 Å². The molecule has 1 aromatic carbocycles. The van der Waals surface area contributed by atoms with Gasteiger partial charge in [-0.15, -0.1) is 0 Å². The monoisotopic (exact) mass is 237 g/mol. The molecular weight excluding hydrogens is 222 g/mol. The Bertz CT molecular complexity index is 431. The lowest BCUT2D eigenvalue weighted by molar-refractivity contribution is 0.120. The van der Waals surface area contributed by atoms with E-state index in [9.17, 15) is 9.32 Å². The molecule has 0 saturated heterocycles. The van der Waals surface area contributed by atoms with Crippen LogP contribution in [0.15, 0.2) is 29.2 Å². The van der Waals surface area contributed by atoms with E-state index in [-0.39, 0.29) is 0 Å². The molecule has 0 aliphatic carbocycles. The molecule has 1 aromatic rings. The summed E-state index contributed by atoms with van der Waals surface area (Å²) in [6.45, 7) is 4.94. The number of hydrogen-bond acceptors (Lipinski definition) is 3. The van der Waals surface area contributed by atoms with E-state index in [0.29, 0.717) is 4.90 Å². The number of benzene rings is 1. The summed E-state index contributed by atoms with van der Waals surface area (Å²) in [7, 11) is -1.38. The zero-order valence-corrected chi connectivity index (χ0v) is 10.4. The van der Waals surface area contributed by atoms with E-state index in [0.717, 1.165) is 5.56 Å². The summed E-state index contributed by atoms with van der Waals surface area (Å²) in [6, 6.07) is 9.01. The van der Waals surface area contributed by atoms with Crippen LogP contribution in [0.5, 0.6) is 0 Å². The summed E-state index contributed by atoms with van der Waals surface area (Å²) in [4.78, 5) is 0.633. The Hall–Kier alpha value is -1.18. The maximum absolute atomic E-state index is 12.1. The molecular formula is C12H15NO2S. The maximum Gasteiger partial charge on any atom is 0.162 e. The predicted octanol–water partition coefficient (Wildman–Crippen LogP) is 1.77. The number of nitrogens with zero attached hydrogens (tertiary/aromatic N) is 1. The Labute approximate surface area is 98.2 Å². The minimum atomic E-state index is -1.57. The second-order valence-electron chi connectivity index (χ2n) is 4.01. The van der Waals surface area contributed by atoms with Crippen molar-refractivity contribution in [2.24, 2.45) is 0 Å². The van der Waals surface area contributed by atoms with E-state index in [4.69, 9.17) is 5.26 Å². The summed E-state index contributed by atoms with van der Waals surface area (Å²) in [5.41, 5.74) is -0.490. The van der Waals surface area contributed by atoms with Gasteiger partial charge in [0, 0.05) is 4.90 Å². The topological polar surface area (TPSA) is 61.1 Å². The number of aryl methyl sites for hydroxylation is 1. The highest BCUT2D eigenvalue weighted by molar-refractivity contribution is 7.85. The van der Waals surface area contributed by atoms with Crippen molar-refractivity contribution in [1.82, 2.24) is 0 Å². The van der Waals surface area contributed by atoms with Crippen molar-refractivity contribution in [2.45, 2.75) is 36.5 Å². The fourth-order valence-corrected chi connectivity index (χ4v) is 2.46. The van der Waals surface area contributed by atoms with E-state index in [1.807, 2.05) is 19.1 Å². The Morgan fingerprint density at radius 1 is 1.44 bits per heavy atom. The summed E-state index contributed by atoms with van der Waals surface area (Å²) >= 11 is 0. The second-order valence-corrected chi connectivity index (χ2v) is 5.79. The van der Waals surface area contributed by atoms with Crippen molar-refractivity contribution in [3.63, 3.8) is 0 Å². The molecule has 0 aliphatic heterocycles. The van der Waals surface area contributed by atoms with E-state index in [1.54, 1.807) is 25.1 Å². The average molecular weight is 237 g/mol. The minimum absolute atomic E-state index is 0.625. The SMILES string of the molecule is Cc1ccc([S@@](=O)C(C)[C@@](C)(O)C#N)cc1. The third kappa shape index (κ3) is 2.69. The van der Waals surface area contributed by atoms with Crippen LogP contribution >= 0.6 is 0 Å². The third-order valence-corrected chi connectivity index (χ3v) is 4.43. The van der Waals surface area contributed by atoms with Crippen molar-refractivity contribution < 1.29 is 9.32 Å². The predicted molar refractivity (Wildman–Crippen MR) is 63.3 cm³/mol. The summed E-state index contributed by atoms with van der Waals surface area (Å²) < 4.78 is 12.1. The molecule has 0 aromatic heterocycles. The summed E-state index contributed by atoms with van der Waals surface area (Å²) in [5.74, 6) is 0. The molecule has 1 N–H and O–H groups in total. The Morgan fingerprint density at radius 3 is 2.38 bits per heavy atom. The van der Waals surface area contributed by atoms with E-state index in [2.05, 4.69) is 0 Å². The van der Waals surface area contributed by atoms with Crippen LogP contribution in [-0.4, -0.2) is 20.2 Å². The molecule has 0 amide bonds. The van der Waals surface area contributed by atoms with Crippen LogP contribution in [0.25, 0.3) is 0 Å². The molecule has 0 heterocycles. The maximum atomic E-state index is 12.1. The Kier molecular flexibility index (Phi) is 3.84. The van der Waals surface area contributed by atoms with Crippen molar-refractivity contribution >= 4 is 10.8 Å². The smallest absolute Gasteiger partial charge is 0.162 e. The van der Waals surface area contributed by atoms with Crippen LogP contribution in [-0.2, 0) is 10.8 Å². The van der Waals surface area contributed by atoms with Crippen LogP contribution in [0.1, 0.15) is 19.4 Å². The van der Waals surface area contributed by atoms with Gasteiger partial charge in [-0.05, 0) is 32.9 Å². The van der Waals surface area contributed by atoms with Crippen LogP contribution in [0.3, 0.4) is 0 Å². The van der Waals surface area contributed by atoms with Gasteiger partial charge in [-0.25, -0.2) is 0 Å². The number of aliphatic hydroxyl groups is 1. The van der Waals surface area contributed by atoms with Crippen molar-refractivity contribution in [1.29, 1.82) is 5.26 Å². The molecule has 0 radical (unpaired) electrons. The first-order valence-corrected chi connectivity index (χ1v) is 6.20. The zero-order valence-electron chi connectivity index (χ0n) is 9.60. The molecule has 0 aliphatic rings. The molecule has 0 fully saturated rings. The first-order valence-electron chi connectivity index (χ1n) is 4.99. The molecule has 86 valence electrons. The van der Waals surface area contributed by atoms with Gasteiger partial charge >= 0.3 is 0 Å². The quantitative estimate of drug-likeness (QED) is 0.815. The molecule has 1 unspecified atom stereocenters. The highest BCUT2D eigenvalue weighted by Gasteiger charge is 2.33. The van der Waals surface area contributed by atoms with Crippen LogP contribution in [0.4, 0.5) is 0 Å². The van der Waals surface area contributed by atoms with Gasteiger partial charge in [-0.3, -0.25) is 4.21 Å². The Balaban J connectivity index is 2.96. The highest BCUT2D eigenvalue weighted by atomic mass is 32.2. The molecule has 16 heavy (non-hydrogen) atoms. The minimum Gasteiger partial charge on any atom is -0.374 e. The molecule has 3 atom stereocenters. The fraction of sp³-hybridized carbons (Fsp3) is 0.417. The van der Waals surface area contributed by atoms with Gasteiger partial charge in [0.05, 0.1) is 22.1 Å². The van der Waals surface area contributed by atoms with Crippen LogP contribution in [0.2, 0.25) is 0 Å². The van der Waals surface area contributed by atoms with Gasteiger partial charge in [0.15, 0.2) is 5.60 Å². The third-order valence-electron chi connectivity index (χ3n) is 2.59. The lowest BCUT2D eigenvalue weighted by Gasteiger charge is -2.22. The second kappa shape index (κ2) is 4.77. The van der Waals surface area contributed by atoms with E-state index >= 15 is 0 Å². The molecule has 0 bridgehead atoms. The van der Waals surface area contributed by atoms with Crippen LogP contribution < -0.4 is 0 Å². The van der Waals surface area contributed by atoms with Gasteiger partial charge in [0.25, 0.3) is 0 Å². The largest absolute Gasteiger partial charge is 0.374 e. The van der Waals surface area contributed by atoms with E-state index < -0.39 is 21.7 Å². The zero-order chi connectivity index (χ0) is 12.3. The lowest BCUT2D eigenvalue weighted by atomic mass is 10.1.